The summed E-state index contributed by atoms with van der Waals surface area (Å²) in [5.41, 5.74) is -0.335. The molecule has 2 amide bonds. The maximum Gasteiger partial charge on any atom is 0.316 e. The van der Waals surface area contributed by atoms with Crippen LogP contribution in [0.3, 0.4) is 0 Å². The number of rotatable bonds is 7. The van der Waals surface area contributed by atoms with Crippen molar-refractivity contribution in [2.24, 2.45) is 10.8 Å². The second-order valence-electron chi connectivity index (χ2n) is 9.58. The largest absolute Gasteiger partial charge is 0.497 e. The third-order valence-corrected chi connectivity index (χ3v) is 6.41. The van der Waals surface area contributed by atoms with Crippen LogP contribution < -0.4 is 10.1 Å². The van der Waals surface area contributed by atoms with Crippen molar-refractivity contribution >= 4 is 29.4 Å². The van der Waals surface area contributed by atoms with Crippen LogP contribution in [0.4, 0.5) is 0 Å². The summed E-state index contributed by atoms with van der Waals surface area (Å²) in [6.07, 6.45) is -0.0889. The topological polar surface area (TPSA) is 84.9 Å². The van der Waals surface area contributed by atoms with E-state index in [-0.39, 0.29) is 31.3 Å². The molecule has 0 saturated carbocycles. The van der Waals surface area contributed by atoms with E-state index in [9.17, 15) is 14.4 Å². The first-order chi connectivity index (χ1) is 16.0. The summed E-state index contributed by atoms with van der Waals surface area (Å²) in [4.78, 5) is 41.1. The first-order valence-corrected chi connectivity index (χ1v) is 11.4. The fourth-order valence-corrected chi connectivity index (χ4v) is 4.41. The minimum absolute atomic E-state index is 0.0324. The average Bonchev–Trinajstić information content (AvgIpc) is 3.09. The lowest BCUT2D eigenvalue weighted by Gasteiger charge is -2.36. The van der Waals surface area contributed by atoms with E-state index in [0.29, 0.717) is 10.8 Å². The molecule has 2 aromatic rings. The van der Waals surface area contributed by atoms with Crippen LogP contribution in [0.5, 0.6) is 5.75 Å². The Hall–Kier alpha value is -3.06. The van der Waals surface area contributed by atoms with Gasteiger partial charge in [-0.3, -0.25) is 14.4 Å². The Morgan fingerprint density at radius 3 is 2.24 bits per heavy atom. The third-order valence-electron chi connectivity index (χ3n) is 6.16. The Bertz CT molecular complexity index is 1050. The molecule has 0 bridgehead atoms. The Morgan fingerprint density at radius 1 is 1.09 bits per heavy atom. The van der Waals surface area contributed by atoms with Crippen molar-refractivity contribution in [2.45, 2.75) is 39.8 Å². The van der Waals surface area contributed by atoms with Crippen molar-refractivity contribution in [1.29, 1.82) is 0 Å². The molecule has 3 rings (SSSR count). The van der Waals surface area contributed by atoms with Crippen molar-refractivity contribution in [2.75, 3.05) is 20.8 Å². The van der Waals surface area contributed by atoms with E-state index < -0.39 is 22.8 Å². The van der Waals surface area contributed by atoms with Gasteiger partial charge in [0, 0.05) is 29.9 Å². The highest BCUT2D eigenvalue weighted by Gasteiger charge is 2.58. The smallest absolute Gasteiger partial charge is 0.316 e. The molecule has 0 unspecified atom stereocenters. The molecule has 2 aromatic carbocycles. The summed E-state index contributed by atoms with van der Waals surface area (Å²) in [5.74, 6) is -0.310. The molecule has 1 aliphatic heterocycles. The molecule has 7 nitrogen and oxygen atoms in total. The fraction of sp³-hybridized carbons (Fsp3) is 0.423. The molecular formula is C26H31ClN2O5. The van der Waals surface area contributed by atoms with Gasteiger partial charge in [0.05, 0.1) is 20.3 Å². The number of hydrogen-bond donors (Lipinski definition) is 1. The molecule has 1 heterocycles. The second kappa shape index (κ2) is 10.1. The Balaban J connectivity index is 2.08. The van der Waals surface area contributed by atoms with Crippen LogP contribution in [-0.4, -0.2) is 43.4 Å². The summed E-state index contributed by atoms with van der Waals surface area (Å²) in [6.45, 7) is 5.62. The highest BCUT2D eigenvalue weighted by molar-refractivity contribution is 6.30. The third kappa shape index (κ3) is 5.20. The number of hydrogen-bond acceptors (Lipinski definition) is 5. The maximum atomic E-state index is 13.4. The lowest BCUT2D eigenvalue weighted by atomic mass is 9.76. The number of halogens is 1. The number of nitrogens with one attached hydrogen (secondary N) is 1. The van der Waals surface area contributed by atoms with Crippen LogP contribution in [-0.2, 0) is 25.7 Å². The molecule has 0 aromatic heterocycles. The number of carbonyl (C=O) groups is 3. The van der Waals surface area contributed by atoms with Crippen molar-refractivity contribution in [1.82, 2.24) is 10.2 Å². The van der Waals surface area contributed by atoms with Gasteiger partial charge >= 0.3 is 5.97 Å². The van der Waals surface area contributed by atoms with Crippen LogP contribution in [0.1, 0.15) is 44.4 Å². The number of benzene rings is 2. The van der Waals surface area contributed by atoms with Crippen LogP contribution in [0.2, 0.25) is 5.02 Å². The molecule has 0 aliphatic carbocycles. The van der Waals surface area contributed by atoms with E-state index in [1.165, 1.54) is 7.11 Å². The zero-order chi connectivity index (χ0) is 25.1. The molecule has 1 aliphatic rings. The molecule has 1 saturated heterocycles. The lowest BCUT2D eigenvalue weighted by Crippen LogP contribution is -2.49. The quantitative estimate of drug-likeness (QED) is 0.594. The van der Waals surface area contributed by atoms with Crippen molar-refractivity contribution in [3.8, 4) is 5.75 Å². The second-order valence-corrected chi connectivity index (χ2v) is 10.0. The number of methoxy groups -OCH3 is 2. The number of ether oxygens (including phenoxy) is 2. The van der Waals surface area contributed by atoms with Gasteiger partial charge in [0.25, 0.3) is 0 Å². The first-order valence-electron chi connectivity index (χ1n) is 11.1. The molecule has 34 heavy (non-hydrogen) atoms. The highest BCUT2D eigenvalue weighted by atomic mass is 35.5. The molecule has 8 heteroatoms. The lowest BCUT2D eigenvalue weighted by molar-refractivity contribution is -0.155. The van der Waals surface area contributed by atoms with Crippen LogP contribution in [0, 0.1) is 10.8 Å². The molecular weight excluding hydrogens is 456 g/mol. The van der Waals surface area contributed by atoms with Gasteiger partial charge in [-0.25, -0.2) is 0 Å². The summed E-state index contributed by atoms with van der Waals surface area (Å²) in [5, 5.41) is 3.49. The number of likely N-dealkylation sites (tertiary alicyclic amines) is 1. The number of esters is 1. The SMILES string of the molecule is COC(=O)[C@]1(CNC(=O)C(C)(C)C)CC(=O)N(Cc2ccc(Cl)cc2)[C@@H]1c1ccc(OC)cc1. The Kier molecular flexibility index (Phi) is 7.56. The Labute approximate surface area is 205 Å². The zero-order valence-electron chi connectivity index (χ0n) is 20.2. The maximum absolute atomic E-state index is 13.4. The standard InChI is InChI=1S/C26H31ClN2O5/c1-25(2,3)23(31)28-16-26(24(32)34-5)14-21(30)29(15-17-6-10-19(27)11-7-17)22(26)18-8-12-20(33-4)13-9-18/h6-13,22H,14-16H2,1-5H3,(H,28,31)/t22-,26+/m1/s1. The van der Waals surface area contributed by atoms with E-state index >= 15 is 0 Å². The van der Waals surface area contributed by atoms with Gasteiger partial charge in [0.2, 0.25) is 11.8 Å². The molecule has 182 valence electrons. The van der Waals surface area contributed by atoms with Gasteiger partial charge in [-0.1, -0.05) is 56.6 Å². The van der Waals surface area contributed by atoms with E-state index in [0.717, 1.165) is 11.1 Å². The van der Waals surface area contributed by atoms with Crippen molar-refractivity contribution in [3.63, 3.8) is 0 Å². The number of amides is 2. The fourth-order valence-electron chi connectivity index (χ4n) is 4.28. The van der Waals surface area contributed by atoms with Crippen LogP contribution >= 0.6 is 11.6 Å². The van der Waals surface area contributed by atoms with Crippen molar-refractivity contribution in [3.05, 3.63) is 64.7 Å². The minimum Gasteiger partial charge on any atom is -0.497 e. The summed E-state index contributed by atoms with van der Waals surface area (Å²) in [6, 6.07) is 13.8. The van der Waals surface area contributed by atoms with E-state index in [2.05, 4.69) is 5.32 Å². The van der Waals surface area contributed by atoms with Gasteiger partial charge < -0.3 is 19.7 Å². The van der Waals surface area contributed by atoms with Crippen molar-refractivity contribution < 1.29 is 23.9 Å². The van der Waals surface area contributed by atoms with Gasteiger partial charge in [-0.15, -0.1) is 0 Å². The predicted molar refractivity (Wildman–Crippen MR) is 129 cm³/mol. The van der Waals surface area contributed by atoms with Gasteiger partial charge in [-0.05, 0) is 35.4 Å². The zero-order valence-corrected chi connectivity index (χ0v) is 20.9. The van der Waals surface area contributed by atoms with Crippen LogP contribution in [0.25, 0.3) is 0 Å². The normalized spacial score (nSPS) is 20.2. The van der Waals surface area contributed by atoms with Crippen LogP contribution in [0.15, 0.2) is 48.5 Å². The van der Waals surface area contributed by atoms with E-state index in [4.69, 9.17) is 21.1 Å². The molecule has 2 atom stereocenters. The van der Waals surface area contributed by atoms with E-state index in [1.807, 2.05) is 24.3 Å². The summed E-state index contributed by atoms with van der Waals surface area (Å²) >= 11 is 6.03. The van der Waals surface area contributed by atoms with Gasteiger partial charge in [0.15, 0.2) is 0 Å². The number of carbonyl (C=O) groups excluding carboxylic acids is 3. The monoisotopic (exact) mass is 486 g/mol. The summed E-state index contributed by atoms with van der Waals surface area (Å²) in [7, 11) is 2.87. The average molecular weight is 487 g/mol. The minimum atomic E-state index is -1.30. The molecule has 1 fully saturated rings. The first kappa shape index (κ1) is 25.6. The summed E-state index contributed by atoms with van der Waals surface area (Å²) < 4.78 is 10.5. The molecule has 0 spiro atoms. The van der Waals surface area contributed by atoms with Gasteiger partial charge in [-0.2, -0.15) is 0 Å². The highest BCUT2D eigenvalue weighted by Crippen LogP contribution is 2.49. The molecule has 0 radical (unpaired) electrons. The molecule has 1 N–H and O–H groups in total. The van der Waals surface area contributed by atoms with Gasteiger partial charge in [0.1, 0.15) is 11.2 Å². The Morgan fingerprint density at radius 2 is 1.71 bits per heavy atom. The number of nitrogens with zero attached hydrogens (tertiary/aromatic N) is 1. The van der Waals surface area contributed by atoms with E-state index in [1.54, 1.807) is 57.0 Å². The predicted octanol–water partition coefficient (Wildman–Crippen LogP) is 4.14.